The van der Waals surface area contributed by atoms with Gasteiger partial charge >= 0.3 is 0 Å². The third-order valence-corrected chi connectivity index (χ3v) is 4.39. The molecule has 0 saturated heterocycles. The molecule has 0 saturated carbocycles. The summed E-state index contributed by atoms with van der Waals surface area (Å²) in [5.74, 6) is 1.58. The molecule has 6 nitrogen and oxygen atoms in total. The van der Waals surface area contributed by atoms with Crippen molar-refractivity contribution in [1.82, 2.24) is 16.0 Å². The van der Waals surface area contributed by atoms with Crippen molar-refractivity contribution in [3.05, 3.63) is 65.2 Å². The molecule has 2 aromatic rings. The van der Waals surface area contributed by atoms with Crippen molar-refractivity contribution < 1.29 is 9.53 Å². The number of para-hydroxylation sites is 1. The van der Waals surface area contributed by atoms with Crippen molar-refractivity contribution in [3.63, 3.8) is 0 Å². The van der Waals surface area contributed by atoms with Gasteiger partial charge in [0.1, 0.15) is 11.9 Å². The van der Waals surface area contributed by atoms with Crippen LogP contribution in [0.2, 0.25) is 0 Å². The van der Waals surface area contributed by atoms with Crippen molar-refractivity contribution in [1.29, 1.82) is 0 Å². The van der Waals surface area contributed by atoms with Gasteiger partial charge in [0.2, 0.25) is 0 Å². The number of rotatable bonds is 9. The summed E-state index contributed by atoms with van der Waals surface area (Å²) < 4.78 is 5.99. The summed E-state index contributed by atoms with van der Waals surface area (Å²) in [4.78, 5) is 16.4. The van der Waals surface area contributed by atoms with Gasteiger partial charge in [-0.3, -0.25) is 4.79 Å². The third-order valence-electron chi connectivity index (χ3n) is 4.39. The van der Waals surface area contributed by atoms with Crippen LogP contribution in [0.25, 0.3) is 0 Å². The Morgan fingerprint density at radius 1 is 1.13 bits per heavy atom. The Balaban J connectivity index is 0.00000450. The number of hydrogen-bond donors (Lipinski definition) is 3. The zero-order valence-electron chi connectivity index (χ0n) is 18.2. The van der Waals surface area contributed by atoms with Crippen molar-refractivity contribution >= 4 is 35.8 Å². The minimum Gasteiger partial charge on any atom is -0.489 e. The van der Waals surface area contributed by atoms with Crippen molar-refractivity contribution in [2.75, 3.05) is 26.7 Å². The number of nitrogens with one attached hydrogen (secondary N) is 3. The molecule has 164 valence electrons. The Kier molecular flexibility index (Phi) is 11.9. The second-order valence-corrected chi connectivity index (χ2v) is 6.87. The molecule has 0 fully saturated rings. The zero-order valence-corrected chi connectivity index (χ0v) is 20.5. The fraction of sp³-hybridized carbons (Fsp3) is 0.391. The van der Waals surface area contributed by atoms with E-state index in [1.807, 2.05) is 69.3 Å². The number of hydrogen-bond acceptors (Lipinski definition) is 3. The first kappa shape index (κ1) is 25.7. The van der Waals surface area contributed by atoms with Crippen LogP contribution < -0.4 is 20.7 Å². The number of guanidine groups is 1. The van der Waals surface area contributed by atoms with Crippen LogP contribution in [0.15, 0.2) is 53.5 Å². The monoisotopic (exact) mass is 524 g/mol. The van der Waals surface area contributed by atoms with E-state index in [2.05, 4.69) is 20.9 Å². The van der Waals surface area contributed by atoms with Gasteiger partial charge in [-0.1, -0.05) is 30.3 Å². The topological polar surface area (TPSA) is 74.8 Å². The third kappa shape index (κ3) is 8.61. The predicted octanol–water partition coefficient (Wildman–Crippen LogP) is 3.54. The minimum absolute atomic E-state index is 0. The van der Waals surface area contributed by atoms with E-state index >= 15 is 0 Å². The second kappa shape index (κ2) is 13.8. The first-order valence-corrected chi connectivity index (χ1v) is 10.1. The van der Waals surface area contributed by atoms with Crippen LogP contribution in [0.3, 0.4) is 0 Å². The average molecular weight is 524 g/mol. The van der Waals surface area contributed by atoms with Gasteiger partial charge in [-0.05, 0) is 56.5 Å². The highest BCUT2D eigenvalue weighted by Crippen LogP contribution is 2.17. The fourth-order valence-electron chi connectivity index (χ4n) is 2.84. The molecule has 3 N–H and O–H groups in total. The maximum Gasteiger partial charge on any atom is 0.251 e. The minimum atomic E-state index is -0.0719. The number of amides is 1. The van der Waals surface area contributed by atoms with Crippen LogP contribution in [0.5, 0.6) is 5.75 Å². The molecule has 2 rings (SSSR count). The Labute approximate surface area is 196 Å². The van der Waals surface area contributed by atoms with E-state index in [1.54, 1.807) is 7.05 Å². The van der Waals surface area contributed by atoms with Gasteiger partial charge in [-0.15, -0.1) is 24.0 Å². The molecule has 0 spiro atoms. The Bertz CT molecular complexity index is 826. The zero-order chi connectivity index (χ0) is 21.1. The van der Waals surface area contributed by atoms with E-state index in [9.17, 15) is 4.79 Å². The molecule has 0 heterocycles. The summed E-state index contributed by atoms with van der Waals surface area (Å²) >= 11 is 0. The van der Waals surface area contributed by atoms with Gasteiger partial charge in [0.15, 0.2) is 5.96 Å². The van der Waals surface area contributed by atoms with E-state index in [-0.39, 0.29) is 36.0 Å². The normalized spacial score (nSPS) is 11.8. The molecule has 1 amide bonds. The highest BCUT2D eigenvalue weighted by molar-refractivity contribution is 14.0. The first-order chi connectivity index (χ1) is 14.0. The maximum atomic E-state index is 11.8. The first-order valence-electron chi connectivity index (χ1n) is 10.1. The molecule has 2 aromatic carbocycles. The fourth-order valence-corrected chi connectivity index (χ4v) is 2.84. The molecule has 0 aliphatic heterocycles. The Morgan fingerprint density at radius 2 is 1.90 bits per heavy atom. The van der Waals surface area contributed by atoms with Crippen LogP contribution in [0, 0.1) is 6.92 Å². The largest absolute Gasteiger partial charge is 0.489 e. The predicted molar refractivity (Wildman–Crippen MR) is 134 cm³/mol. The lowest BCUT2D eigenvalue weighted by Crippen LogP contribution is -2.39. The molecule has 0 radical (unpaired) electrons. The Morgan fingerprint density at radius 3 is 2.60 bits per heavy atom. The molecule has 0 aromatic heterocycles. The number of ether oxygens (including phenoxy) is 1. The number of nitrogens with zero attached hydrogens (tertiary/aromatic N) is 1. The summed E-state index contributed by atoms with van der Waals surface area (Å²) in [7, 11) is 1.64. The number of aliphatic imine (C=N–C) groups is 1. The van der Waals surface area contributed by atoms with E-state index in [4.69, 9.17) is 4.74 Å². The molecular formula is C23H33IN4O2. The van der Waals surface area contributed by atoms with Crippen molar-refractivity contribution in [2.45, 2.75) is 33.3 Å². The molecule has 7 heteroatoms. The SMILES string of the molecule is CCNC(=NCC(C)Oc1ccccc1C)NCCc1cccc(C(=O)NC)c1.I. The van der Waals surface area contributed by atoms with Gasteiger partial charge in [-0.2, -0.15) is 0 Å². The summed E-state index contributed by atoms with van der Waals surface area (Å²) in [5, 5.41) is 9.25. The van der Waals surface area contributed by atoms with Gasteiger partial charge in [-0.25, -0.2) is 4.99 Å². The van der Waals surface area contributed by atoms with Crippen LogP contribution in [-0.4, -0.2) is 44.7 Å². The summed E-state index contributed by atoms with van der Waals surface area (Å²) in [5.41, 5.74) is 2.89. The molecular weight excluding hydrogens is 491 g/mol. The van der Waals surface area contributed by atoms with Crippen LogP contribution >= 0.6 is 24.0 Å². The lowest BCUT2D eigenvalue weighted by Gasteiger charge is -2.16. The number of carbonyl (C=O) groups excluding carboxylic acids is 1. The molecule has 0 aliphatic rings. The number of halogens is 1. The maximum absolute atomic E-state index is 11.8. The quantitative estimate of drug-likeness (QED) is 0.267. The lowest BCUT2D eigenvalue weighted by atomic mass is 10.1. The standard InChI is InChI=1S/C23H32N4O2.HI/c1-5-25-23(27-16-18(3)29-21-12-7-6-9-17(21)2)26-14-13-19-10-8-11-20(15-19)22(28)24-4;/h6-12,15,18H,5,13-14,16H2,1-4H3,(H,24,28)(H2,25,26,27);1H. The average Bonchev–Trinajstić information content (AvgIpc) is 2.73. The number of aryl methyl sites for hydroxylation is 1. The highest BCUT2D eigenvalue weighted by atomic mass is 127. The molecule has 1 atom stereocenters. The summed E-state index contributed by atoms with van der Waals surface area (Å²) in [6.45, 7) is 8.15. The molecule has 30 heavy (non-hydrogen) atoms. The van der Waals surface area contributed by atoms with E-state index in [0.29, 0.717) is 12.1 Å². The molecule has 0 bridgehead atoms. The van der Waals surface area contributed by atoms with E-state index in [1.165, 1.54) is 0 Å². The smallest absolute Gasteiger partial charge is 0.251 e. The van der Waals surface area contributed by atoms with Crippen LogP contribution in [0.1, 0.15) is 35.3 Å². The summed E-state index contributed by atoms with van der Waals surface area (Å²) in [6, 6.07) is 15.7. The van der Waals surface area contributed by atoms with Gasteiger partial charge in [0, 0.05) is 25.7 Å². The number of benzene rings is 2. The lowest BCUT2D eigenvalue weighted by molar-refractivity contribution is 0.0963. The summed E-state index contributed by atoms with van der Waals surface area (Å²) in [6.07, 6.45) is 0.764. The van der Waals surface area contributed by atoms with Crippen LogP contribution in [0.4, 0.5) is 0 Å². The van der Waals surface area contributed by atoms with Gasteiger partial charge in [0.25, 0.3) is 5.91 Å². The van der Waals surface area contributed by atoms with E-state index in [0.717, 1.165) is 42.3 Å². The van der Waals surface area contributed by atoms with Crippen LogP contribution in [-0.2, 0) is 6.42 Å². The van der Waals surface area contributed by atoms with Crippen molar-refractivity contribution in [2.24, 2.45) is 4.99 Å². The second-order valence-electron chi connectivity index (χ2n) is 6.87. The molecule has 0 aliphatic carbocycles. The molecule has 1 unspecified atom stereocenters. The Hall–Kier alpha value is -2.29. The number of carbonyl (C=O) groups is 1. The van der Waals surface area contributed by atoms with Gasteiger partial charge < -0.3 is 20.7 Å². The van der Waals surface area contributed by atoms with Gasteiger partial charge in [0.05, 0.1) is 6.54 Å². The van der Waals surface area contributed by atoms with Crippen molar-refractivity contribution in [3.8, 4) is 5.75 Å². The highest BCUT2D eigenvalue weighted by Gasteiger charge is 2.07. The van der Waals surface area contributed by atoms with E-state index < -0.39 is 0 Å².